The predicted octanol–water partition coefficient (Wildman–Crippen LogP) is 3.48. The number of amides is 2. The van der Waals surface area contributed by atoms with Crippen LogP contribution in [0, 0.1) is 11.7 Å². The van der Waals surface area contributed by atoms with Gasteiger partial charge in [0.05, 0.1) is 17.4 Å². The Morgan fingerprint density at radius 2 is 1.76 bits per heavy atom. The fourth-order valence-corrected chi connectivity index (χ4v) is 5.77. The molecule has 178 valence electrons. The molecule has 9 heteroatoms. The van der Waals surface area contributed by atoms with E-state index >= 15 is 0 Å². The molecular formula is C25H26FN3O4S. The van der Waals surface area contributed by atoms with Crippen molar-refractivity contribution in [3.05, 3.63) is 72.5 Å². The van der Waals surface area contributed by atoms with Gasteiger partial charge in [0.15, 0.2) is 0 Å². The average molecular weight is 484 g/mol. The summed E-state index contributed by atoms with van der Waals surface area (Å²) in [7, 11) is -2.30. The van der Waals surface area contributed by atoms with Gasteiger partial charge in [0.2, 0.25) is 21.8 Å². The molecule has 3 aromatic carbocycles. The monoisotopic (exact) mass is 483 g/mol. The second kappa shape index (κ2) is 9.90. The van der Waals surface area contributed by atoms with Crippen molar-refractivity contribution in [3.63, 3.8) is 0 Å². The Morgan fingerprint density at radius 3 is 2.53 bits per heavy atom. The van der Waals surface area contributed by atoms with Crippen LogP contribution in [0.5, 0.6) is 0 Å². The smallest absolute Gasteiger partial charge is 0.244 e. The molecule has 1 aliphatic rings. The van der Waals surface area contributed by atoms with Gasteiger partial charge in [-0.15, -0.1) is 0 Å². The molecule has 0 radical (unpaired) electrons. The van der Waals surface area contributed by atoms with E-state index in [0.29, 0.717) is 18.5 Å². The Balaban J connectivity index is 1.40. The van der Waals surface area contributed by atoms with Crippen molar-refractivity contribution in [3.8, 4) is 0 Å². The third-order valence-corrected chi connectivity index (χ3v) is 7.88. The number of sulfonamides is 1. The molecule has 1 N–H and O–H groups in total. The SMILES string of the molecule is CN(CC(=O)Nc1cccc2ccccc12)C(=O)[C@H]1CCCN(S(=O)(=O)c2ccc(F)cc2)C1. The van der Waals surface area contributed by atoms with Crippen molar-refractivity contribution >= 4 is 38.3 Å². The number of nitrogens with zero attached hydrogens (tertiary/aromatic N) is 2. The molecule has 3 aromatic rings. The number of nitrogens with one attached hydrogen (secondary N) is 1. The Hall–Kier alpha value is -3.30. The quantitative estimate of drug-likeness (QED) is 0.582. The molecule has 7 nitrogen and oxygen atoms in total. The largest absolute Gasteiger partial charge is 0.336 e. The molecule has 1 aliphatic heterocycles. The van der Waals surface area contributed by atoms with Crippen LogP contribution in [-0.4, -0.2) is 56.1 Å². The average Bonchev–Trinajstić information content (AvgIpc) is 2.84. The van der Waals surface area contributed by atoms with Crippen molar-refractivity contribution in [2.45, 2.75) is 17.7 Å². The lowest BCUT2D eigenvalue weighted by Crippen LogP contribution is -2.47. The number of likely N-dealkylation sites (N-methyl/N-ethyl adjacent to an activating group) is 1. The Morgan fingerprint density at radius 1 is 1.06 bits per heavy atom. The lowest BCUT2D eigenvalue weighted by atomic mass is 9.98. The molecule has 2 amide bonds. The van der Waals surface area contributed by atoms with Crippen molar-refractivity contribution in [1.29, 1.82) is 0 Å². The number of carbonyl (C=O) groups is 2. The van der Waals surface area contributed by atoms with Gasteiger partial charge in [0, 0.05) is 31.2 Å². The van der Waals surface area contributed by atoms with E-state index in [0.717, 1.165) is 22.9 Å². The first kappa shape index (κ1) is 23.8. The summed E-state index contributed by atoms with van der Waals surface area (Å²) in [5.41, 5.74) is 0.665. The van der Waals surface area contributed by atoms with E-state index in [1.807, 2.05) is 36.4 Å². The van der Waals surface area contributed by atoms with Crippen LogP contribution >= 0.6 is 0 Å². The molecule has 34 heavy (non-hydrogen) atoms. The highest BCUT2D eigenvalue weighted by Gasteiger charge is 2.34. The van der Waals surface area contributed by atoms with E-state index in [1.165, 1.54) is 21.3 Å². The molecule has 1 heterocycles. The first-order chi connectivity index (χ1) is 16.3. The molecule has 0 spiro atoms. The number of fused-ring (bicyclic) bond motifs is 1. The van der Waals surface area contributed by atoms with Crippen LogP contribution in [0.15, 0.2) is 71.6 Å². The van der Waals surface area contributed by atoms with Crippen molar-refractivity contribution in [2.24, 2.45) is 5.92 Å². The molecule has 0 unspecified atom stereocenters. The maximum atomic E-state index is 13.2. The van der Waals surface area contributed by atoms with Crippen LogP contribution in [0.2, 0.25) is 0 Å². The van der Waals surface area contributed by atoms with Gasteiger partial charge in [-0.3, -0.25) is 9.59 Å². The minimum Gasteiger partial charge on any atom is -0.336 e. The van der Waals surface area contributed by atoms with E-state index < -0.39 is 21.8 Å². The zero-order valence-corrected chi connectivity index (χ0v) is 19.6. The maximum absolute atomic E-state index is 13.2. The van der Waals surface area contributed by atoms with Gasteiger partial charge in [0.1, 0.15) is 5.82 Å². The molecule has 0 bridgehead atoms. The van der Waals surface area contributed by atoms with E-state index in [9.17, 15) is 22.4 Å². The topological polar surface area (TPSA) is 86.8 Å². The number of hydrogen-bond donors (Lipinski definition) is 1. The van der Waals surface area contributed by atoms with Gasteiger partial charge in [-0.25, -0.2) is 12.8 Å². The Labute approximate surface area is 198 Å². The van der Waals surface area contributed by atoms with E-state index in [4.69, 9.17) is 0 Å². The lowest BCUT2D eigenvalue weighted by Gasteiger charge is -2.33. The van der Waals surface area contributed by atoms with E-state index in [-0.39, 0.29) is 36.3 Å². The van der Waals surface area contributed by atoms with Crippen LogP contribution in [-0.2, 0) is 19.6 Å². The highest BCUT2D eigenvalue weighted by Crippen LogP contribution is 2.26. The second-order valence-electron chi connectivity index (χ2n) is 8.43. The molecular weight excluding hydrogens is 457 g/mol. The van der Waals surface area contributed by atoms with E-state index in [1.54, 1.807) is 13.1 Å². The van der Waals surface area contributed by atoms with Crippen LogP contribution in [0.1, 0.15) is 12.8 Å². The molecule has 0 aliphatic carbocycles. The van der Waals surface area contributed by atoms with Gasteiger partial charge in [-0.05, 0) is 48.6 Å². The van der Waals surface area contributed by atoms with Gasteiger partial charge in [-0.1, -0.05) is 36.4 Å². The summed E-state index contributed by atoms with van der Waals surface area (Å²) in [5.74, 6) is -1.70. The summed E-state index contributed by atoms with van der Waals surface area (Å²) in [4.78, 5) is 27.0. The highest BCUT2D eigenvalue weighted by molar-refractivity contribution is 7.89. The third kappa shape index (κ3) is 5.10. The number of piperidine rings is 1. The highest BCUT2D eigenvalue weighted by atomic mass is 32.2. The number of rotatable bonds is 6. The van der Waals surface area contributed by atoms with Crippen LogP contribution in [0.4, 0.5) is 10.1 Å². The fourth-order valence-electron chi connectivity index (χ4n) is 4.25. The molecule has 1 atom stereocenters. The zero-order chi connectivity index (χ0) is 24.3. The zero-order valence-electron chi connectivity index (χ0n) is 18.8. The number of halogens is 1. The standard InChI is InChI=1S/C25H26FN3O4S/c1-28(17-24(30)27-23-10-4-7-18-6-2-3-9-22(18)23)25(31)19-8-5-15-29(16-19)34(32,33)21-13-11-20(26)12-14-21/h2-4,6-7,9-14,19H,5,8,15-17H2,1H3,(H,27,30)/t19-/m0/s1. The minimum atomic E-state index is -3.84. The van der Waals surface area contributed by atoms with Crippen LogP contribution in [0.3, 0.4) is 0 Å². The second-order valence-corrected chi connectivity index (χ2v) is 10.4. The van der Waals surface area contributed by atoms with Gasteiger partial charge in [0.25, 0.3) is 0 Å². The third-order valence-electron chi connectivity index (χ3n) is 6.01. The predicted molar refractivity (Wildman–Crippen MR) is 128 cm³/mol. The molecule has 4 rings (SSSR count). The summed E-state index contributed by atoms with van der Waals surface area (Å²) in [6, 6.07) is 17.9. The summed E-state index contributed by atoms with van der Waals surface area (Å²) in [6.07, 6.45) is 1.05. The van der Waals surface area contributed by atoms with E-state index in [2.05, 4.69) is 5.32 Å². The minimum absolute atomic E-state index is 0.00943. The first-order valence-corrected chi connectivity index (χ1v) is 12.5. The Kier molecular flexibility index (Phi) is 6.95. The normalized spacial score (nSPS) is 16.8. The molecule has 1 saturated heterocycles. The Bertz CT molecular complexity index is 1310. The fraction of sp³-hybridized carbons (Fsp3) is 0.280. The van der Waals surface area contributed by atoms with Gasteiger partial charge >= 0.3 is 0 Å². The summed E-state index contributed by atoms with van der Waals surface area (Å²) in [5, 5.41) is 4.76. The molecule has 1 fully saturated rings. The van der Waals surface area contributed by atoms with Crippen LogP contribution in [0.25, 0.3) is 10.8 Å². The number of carbonyl (C=O) groups excluding carboxylic acids is 2. The van der Waals surface area contributed by atoms with Crippen molar-refractivity contribution < 1.29 is 22.4 Å². The first-order valence-electron chi connectivity index (χ1n) is 11.0. The summed E-state index contributed by atoms with van der Waals surface area (Å²) >= 11 is 0. The number of hydrogen-bond acceptors (Lipinski definition) is 4. The van der Waals surface area contributed by atoms with Gasteiger partial charge < -0.3 is 10.2 Å². The van der Waals surface area contributed by atoms with Crippen molar-refractivity contribution in [2.75, 3.05) is 32.0 Å². The molecule has 0 aromatic heterocycles. The van der Waals surface area contributed by atoms with Crippen LogP contribution < -0.4 is 5.32 Å². The van der Waals surface area contributed by atoms with Crippen molar-refractivity contribution in [1.82, 2.24) is 9.21 Å². The van der Waals surface area contributed by atoms with Gasteiger partial charge in [-0.2, -0.15) is 4.31 Å². The maximum Gasteiger partial charge on any atom is 0.244 e. The number of anilines is 1. The summed E-state index contributed by atoms with van der Waals surface area (Å²) in [6.45, 7) is 0.159. The molecule has 0 saturated carbocycles. The lowest BCUT2D eigenvalue weighted by molar-refractivity contribution is -0.138. The number of benzene rings is 3. The summed E-state index contributed by atoms with van der Waals surface area (Å²) < 4.78 is 40.3.